The number of sulfonamides is 1. The maximum Gasteiger partial charge on any atom is 0.271 e. The molecule has 0 saturated heterocycles. The van der Waals surface area contributed by atoms with Crippen LogP contribution in [-0.2, 0) is 10.0 Å². The van der Waals surface area contributed by atoms with E-state index in [1.165, 1.54) is 42.6 Å². The predicted octanol–water partition coefficient (Wildman–Crippen LogP) is 2.90. The van der Waals surface area contributed by atoms with Crippen molar-refractivity contribution in [2.75, 3.05) is 10.0 Å². The molecule has 1 aromatic carbocycles. The van der Waals surface area contributed by atoms with Crippen LogP contribution in [0.5, 0.6) is 5.75 Å². The zero-order chi connectivity index (χ0) is 17.9. The van der Waals surface area contributed by atoms with E-state index in [1.807, 2.05) is 0 Å². The van der Waals surface area contributed by atoms with Crippen molar-refractivity contribution in [2.24, 2.45) is 0 Å². The molecule has 0 bridgehead atoms. The van der Waals surface area contributed by atoms with Crippen molar-refractivity contribution in [3.05, 3.63) is 65.7 Å². The minimum absolute atomic E-state index is 0.0509. The number of carbonyl (C=O) groups is 1. The maximum absolute atomic E-state index is 12.2. The van der Waals surface area contributed by atoms with Crippen molar-refractivity contribution in [3.63, 3.8) is 0 Å². The second-order valence-electron chi connectivity index (χ2n) is 4.94. The van der Waals surface area contributed by atoms with Gasteiger partial charge in [0.05, 0.1) is 0 Å². The van der Waals surface area contributed by atoms with Crippen molar-refractivity contribution in [3.8, 4) is 5.75 Å². The quantitative estimate of drug-likeness (QED) is 0.635. The van der Waals surface area contributed by atoms with Gasteiger partial charge in [-0.3, -0.25) is 9.52 Å². The summed E-state index contributed by atoms with van der Waals surface area (Å²) in [5.41, 5.74) is 0.634. The van der Waals surface area contributed by atoms with Gasteiger partial charge in [0.25, 0.3) is 15.9 Å². The van der Waals surface area contributed by atoms with Crippen LogP contribution < -0.4 is 10.0 Å². The van der Waals surface area contributed by atoms with Gasteiger partial charge in [0, 0.05) is 17.4 Å². The van der Waals surface area contributed by atoms with Crippen LogP contribution in [0.1, 0.15) is 10.4 Å². The van der Waals surface area contributed by atoms with E-state index in [9.17, 15) is 18.3 Å². The molecule has 2 heterocycles. The van der Waals surface area contributed by atoms with Crippen molar-refractivity contribution >= 4 is 38.8 Å². The molecule has 3 rings (SSSR count). The summed E-state index contributed by atoms with van der Waals surface area (Å²) >= 11 is 1.11. The Morgan fingerprint density at radius 2 is 1.84 bits per heavy atom. The van der Waals surface area contributed by atoms with Crippen LogP contribution in [0.2, 0.25) is 0 Å². The fourth-order valence-corrected chi connectivity index (χ4v) is 4.04. The molecule has 25 heavy (non-hydrogen) atoms. The number of aromatic nitrogens is 1. The van der Waals surface area contributed by atoms with Gasteiger partial charge in [-0.25, -0.2) is 13.4 Å². The van der Waals surface area contributed by atoms with Crippen LogP contribution in [0, 0.1) is 0 Å². The van der Waals surface area contributed by atoms with Crippen LogP contribution in [0.4, 0.5) is 11.5 Å². The van der Waals surface area contributed by atoms with E-state index < -0.39 is 15.9 Å². The van der Waals surface area contributed by atoms with E-state index >= 15 is 0 Å². The second kappa shape index (κ2) is 6.91. The Morgan fingerprint density at radius 1 is 1.08 bits per heavy atom. The number of pyridine rings is 1. The molecule has 0 aliphatic carbocycles. The molecule has 128 valence electrons. The number of hydrogen-bond acceptors (Lipinski definition) is 6. The van der Waals surface area contributed by atoms with Gasteiger partial charge in [0.2, 0.25) is 0 Å². The largest absolute Gasteiger partial charge is 0.504 e. The topological polar surface area (TPSA) is 108 Å². The third-order valence-corrected chi connectivity index (χ3v) is 5.96. The number of nitrogens with one attached hydrogen (secondary N) is 2. The molecule has 0 aliphatic rings. The highest BCUT2D eigenvalue weighted by atomic mass is 32.2. The first-order valence-corrected chi connectivity index (χ1v) is 9.44. The summed E-state index contributed by atoms with van der Waals surface area (Å²) in [4.78, 5) is 16.0. The Labute approximate surface area is 148 Å². The number of rotatable bonds is 5. The molecule has 0 fully saturated rings. The van der Waals surface area contributed by atoms with Crippen LogP contribution in [0.25, 0.3) is 0 Å². The smallest absolute Gasteiger partial charge is 0.271 e. The lowest BCUT2D eigenvalue weighted by Crippen LogP contribution is -2.14. The van der Waals surface area contributed by atoms with Crippen molar-refractivity contribution in [1.82, 2.24) is 4.98 Å². The van der Waals surface area contributed by atoms with Crippen LogP contribution in [-0.4, -0.2) is 24.4 Å². The molecule has 7 nitrogen and oxygen atoms in total. The van der Waals surface area contributed by atoms with Gasteiger partial charge in [0.15, 0.2) is 11.6 Å². The summed E-state index contributed by atoms with van der Waals surface area (Å²) in [6.07, 6.45) is 1.44. The highest BCUT2D eigenvalue weighted by Crippen LogP contribution is 2.22. The Hall–Kier alpha value is -2.91. The number of nitrogens with zero attached hydrogens (tertiary/aromatic N) is 1. The normalized spacial score (nSPS) is 11.0. The van der Waals surface area contributed by atoms with E-state index in [-0.39, 0.29) is 15.8 Å². The van der Waals surface area contributed by atoms with Gasteiger partial charge in [-0.2, -0.15) is 0 Å². The summed E-state index contributed by atoms with van der Waals surface area (Å²) < 4.78 is 26.9. The lowest BCUT2D eigenvalue weighted by atomic mass is 10.2. The molecule has 0 atom stereocenters. The number of hydrogen-bond donors (Lipinski definition) is 3. The summed E-state index contributed by atoms with van der Waals surface area (Å²) in [6.45, 7) is 0. The van der Waals surface area contributed by atoms with Crippen molar-refractivity contribution in [2.45, 2.75) is 4.21 Å². The minimum Gasteiger partial charge on any atom is -0.504 e. The van der Waals surface area contributed by atoms with Gasteiger partial charge >= 0.3 is 0 Å². The minimum atomic E-state index is -3.63. The van der Waals surface area contributed by atoms with Gasteiger partial charge in [0.1, 0.15) is 4.21 Å². The molecule has 9 heteroatoms. The van der Waals surface area contributed by atoms with Gasteiger partial charge in [-0.15, -0.1) is 11.3 Å². The first kappa shape index (κ1) is 16.9. The number of aromatic hydroxyl groups is 1. The number of amides is 1. The van der Waals surface area contributed by atoms with Crippen molar-refractivity contribution in [1.29, 1.82) is 0 Å². The Kier molecular flexibility index (Phi) is 4.68. The lowest BCUT2D eigenvalue weighted by molar-refractivity contribution is 0.102. The molecule has 0 spiro atoms. The summed E-state index contributed by atoms with van der Waals surface area (Å²) in [6, 6.07) is 12.0. The number of thiophene rings is 1. The van der Waals surface area contributed by atoms with E-state index in [2.05, 4.69) is 15.0 Å². The summed E-state index contributed by atoms with van der Waals surface area (Å²) in [5.74, 6) is -0.562. The maximum atomic E-state index is 12.2. The van der Waals surface area contributed by atoms with Crippen molar-refractivity contribution < 1.29 is 18.3 Å². The third-order valence-electron chi connectivity index (χ3n) is 3.18. The molecular weight excluding hydrogens is 362 g/mol. The zero-order valence-electron chi connectivity index (χ0n) is 12.7. The molecule has 3 aromatic rings. The average Bonchev–Trinajstić information content (AvgIpc) is 3.13. The molecule has 1 amide bonds. The molecule has 0 aliphatic heterocycles. The fourth-order valence-electron chi connectivity index (χ4n) is 1.98. The molecule has 2 aromatic heterocycles. The van der Waals surface area contributed by atoms with Gasteiger partial charge < -0.3 is 10.4 Å². The van der Waals surface area contributed by atoms with Gasteiger partial charge in [-0.1, -0.05) is 6.07 Å². The number of benzene rings is 1. The Morgan fingerprint density at radius 3 is 2.48 bits per heavy atom. The van der Waals surface area contributed by atoms with E-state index in [0.717, 1.165) is 11.3 Å². The van der Waals surface area contributed by atoms with Crippen LogP contribution in [0.3, 0.4) is 0 Å². The third kappa shape index (κ3) is 3.95. The zero-order valence-corrected chi connectivity index (χ0v) is 14.3. The standard InChI is InChI=1S/C16H13N3O4S2/c20-13-3-1-9-17-15(13)18-16(21)11-5-7-12(8-6-11)19-25(22,23)14-4-2-10-24-14/h1-10,19-20H,(H,17,18,21). The number of carbonyl (C=O) groups excluding carboxylic acids is 1. The molecule has 3 N–H and O–H groups in total. The summed E-state index contributed by atoms with van der Waals surface area (Å²) in [5, 5.41) is 13.8. The monoisotopic (exact) mass is 375 g/mol. The molecular formula is C16H13N3O4S2. The molecule has 0 radical (unpaired) electrons. The predicted molar refractivity (Wildman–Crippen MR) is 95.4 cm³/mol. The lowest BCUT2D eigenvalue weighted by Gasteiger charge is -2.08. The molecule has 0 saturated carbocycles. The van der Waals surface area contributed by atoms with Crippen LogP contribution in [0.15, 0.2) is 64.3 Å². The molecule has 0 unspecified atom stereocenters. The number of anilines is 2. The fraction of sp³-hybridized carbons (Fsp3) is 0. The van der Waals surface area contributed by atoms with E-state index in [4.69, 9.17) is 0 Å². The Balaban J connectivity index is 1.72. The van der Waals surface area contributed by atoms with Crippen LogP contribution >= 0.6 is 11.3 Å². The first-order valence-electron chi connectivity index (χ1n) is 7.07. The Bertz CT molecular complexity index is 984. The summed E-state index contributed by atoms with van der Waals surface area (Å²) in [7, 11) is -3.63. The van der Waals surface area contributed by atoms with E-state index in [1.54, 1.807) is 17.5 Å². The highest BCUT2D eigenvalue weighted by molar-refractivity contribution is 7.94. The van der Waals surface area contributed by atoms with E-state index in [0.29, 0.717) is 11.3 Å². The second-order valence-corrected chi connectivity index (χ2v) is 7.80. The van der Waals surface area contributed by atoms with Gasteiger partial charge in [-0.05, 0) is 47.8 Å². The highest BCUT2D eigenvalue weighted by Gasteiger charge is 2.15. The SMILES string of the molecule is O=C(Nc1ncccc1O)c1ccc(NS(=O)(=O)c2cccs2)cc1. The first-order chi connectivity index (χ1) is 12.0. The average molecular weight is 375 g/mol.